The molecule has 0 fully saturated rings. The van der Waals surface area contributed by atoms with Crippen molar-refractivity contribution in [1.82, 2.24) is 4.98 Å². The summed E-state index contributed by atoms with van der Waals surface area (Å²) in [5.74, 6) is -0.464. The maximum atomic E-state index is 11.0. The first kappa shape index (κ1) is 13.4. The molecule has 1 aromatic heterocycles. The molecule has 2 aromatic carbocycles. The van der Waals surface area contributed by atoms with Crippen molar-refractivity contribution in [2.45, 2.75) is 19.8 Å². The largest absolute Gasteiger partial charge is 0.478 e. The molecule has 106 valence electrons. The van der Waals surface area contributed by atoms with Crippen LogP contribution in [0.2, 0.25) is 0 Å². The van der Waals surface area contributed by atoms with Crippen molar-refractivity contribution in [3.8, 4) is 11.5 Å². The van der Waals surface area contributed by atoms with Crippen LogP contribution in [0.5, 0.6) is 0 Å². The van der Waals surface area contributed by atoms with Gasteiger partial charge in [-0.1, -0.05) is 25.5 Å². The maximum absolute atomic E-state index is 11.0. The van der Waals surface area contributed by atoms with Gasteiger partial charge in [-0.3, -0.25) is 0 Å². The summed E-state index contributed by atoms with van der Waals surface area (Å²) in [7, 11) is 0. The molecule has 0 aliphatic rings. The predicted octanol–water partition coefficient (Wildman–Crippen LogP) is 4.15. The summed E-state index contributed by atoms with van der Waals surface area (Å²) in [6, 6.07) is 12.8. The molecule has 0 aliphatic carbocycles. The number of rotatable bonds is 4. The van der Waals surface area contributed by atoms with Gasteiger partial charge in [-0.05, 0) is 42.3 Å². The highest BCUT2D eigenvalue weighted by molar-refractivity contribution is 5.92. The molecule has 4 nitrogen and oxygen atoms in total. The number of benzene rings is 2. The molecular weight excluding hydrogens is 266 g/mol. The molecule has 0 bridgehead atoms. The first-order chi connectivity index (χ1) is 10.2. The van der Waals surface area contributed by atoms with Crippen LogP contribution in [0.1, 0.15) is 29.3 Å². The number of aromatic nitrogens is 1. The van der Waals surface area contributed by atoms with Gasteiger partial charge in [0, 0.05) is 5.56 Å². The monoisotopic (exact) mass is 281 g/mol. The third kappa shape index (κ3) is 2.65. The molecule has 0 unspecified atom stereocenters. The van der Waals surface area contributed by atoms with Crippen LogP contribution in [0.4, 0.5) is 0 Å². The minimum absolute atomic E-state index is 0.198. The van der Waals surface area contributed by atoms with Crippen molar-refractivity contribution in [2.24, 2.45) is 0 Å². The summed E-state index contributed by atoms with van der Waals surface area (Å²) in [4.78, 5) is 15.4. The first-order valence-electron chi connectivity index (χ1n) is 6.90. The van der Waals surface area contributed by atoms with Crippen molar-refractivity contribution >= 4 is 17.1 Å². The summed E-state index contributed by atoms with van der Waals surface area (Å²) in [6.45, 7) is 2.15. The zero-order valence-electron chi connectivity index (χ0n) is 11.7. The zero-order valence-corrected chi connectivity index (χ0v) is 11.7. The first-order valence-corrected chi connectivity index (χ1v) is 6.90. The van der Waals surface area contributed by atoms with Gasteiger partial charge in [0.05, 0.1) is 5.56 Å². The molecule has 0 radical (unpaired) electrons. The molecule has 21 heavy (non-hydrogen) atoms. The van der Waals surface area contributed by atoms with Gasteiger partial charge in [-0.2, -0.15) is 0 Å². The minimum Gasteiger partial charge on any atom is -0.478 e. The van der Waals surface area contributed by atoms with Crippen molar-refractivity contribution in [1.29, 1.82) is 0 Å². The Kier molecular flexibility index (Phi) is 3.44. The van der Waals surface area contributed by atoms with Gasteiger partial charge in [0.15, 0.2) is 5.58 Å². The average Bonchev–Trinajstić information content (AvgIpc) is 2.91. The fraction of sp³-hybridized carbons (Fsp3) is 0.176. The van der Waals surface area contributed by atoms with Crippen LogP contribution in [-0.4, -0.2) is 16.1 Å². The Bertz CT molecular complexity index is 787. The van der Waals surface area contributed by atoms with Crippen molar-refractivity contribution in [2.75, 3.05) is 0 Å². The quantitative estimate of drug-likeness (QED) is 0.780. The van der Waals surface area contributed by atoms with E-state index in [0.717, 1.165) is 18.4 Å². The lowest BCUT2D eigenvalue weighted by Gasteiger charge is -1.99. The molecule has 0 spiro atoms. The summed E-state index contributed by atoms with van der Waals surface area (Å²) in [5, 5.41) is 8.99. The number of hydrogen-bond acceptors (Lipinski definition) is 3. The highest BCUT2D eigenvalue weighted by atomic mass is 16.4. The fourth-order valence-corrected chi connectivity index (χ4v) is 2.28. The second-order valence-corrected chi connectivity index (χ2v) is 4.95. The number of oxazole rings is 1. The smallest absolute Gasteiger partial charge is 0.335 e. The normalized spacial score (nSPS) is 10.9. The number of aromatic carboxylic acids is 1. The van der Waals surface area contributed by atoms with E-state index in [0.29, 0.717) is 17.0 Å². The van der Waals surface area contributed by atoms with Crippen molar-refractivity contribution in [3.63, 3.8) is 0 Å². The van der Waals surface area contributed by atoms with Gasteiger partial charge in [0.2, 0.25) is 5.89 Å². The Morgan fingerprint density at radius 1 is 1.19 bits per heavy atom. The van der Waals surface area contributed by atoms with E-state index in [4.69, 9.17) is 9.52 Å². The molecule has 0 atom stereocenters. The molecular formula is C17H15NO3. The van der Waals surface area contributed by atoms with Gasteiger partial charge in [-0.15, -0.1) is 0 Å². The van der Waals surface area contributed by atoms with Crippen LogP contribution in [0, 0.1) is 0 Å². The highest BCUT2D eigenvalue weighted by Crippen LogP contribution is 2.25. The van der Waals surface area contributed by atoms with E-state index in [1.807, 2.05) is 12.1 Å². The third-order valence-electron chi connectivity index (χ3n) is 3.37. The summed E-state index contributed by atoms with van der Waals surface area (Å²) >= 11 is 0. The Hall–Kier alpha value is -2.62. The van der Waals surface area contributed by atoms with Crippen LogP contribution in [0.15, 0.2) is 46.9 Å². The molecule has 4 heteroatoms. The van der Waals surface area contributed by atoms with E-state index >= 15 is 0 Å². The van der Waals surface area contributed by atoms with Crippen molar-refractivity contribution < 1.29 is 14.3 Å². The zero-order chi connectivity index (χ0) is 14.8. The van der Waals surface area contributed by atoms with Crippen LogP contribution < -0.4 is 0 Å². The van der Waals surface area contributed by atoms with E-state index in [1.165, 1.54) is 17.7 Å². The lowest BCUT2D eigenvalue weighted by atomic mass is 10.1. The summed E-state index contributed by atoms with van der Waals surface area (Å²) < 4.78 is 5.67. The number of fused-ring (bicyclic) bond motifs is 1. The number of carboxylic acid groups (broad SMARTS) is 1. The van der Waals surface area contributed by atoms with Gasteiger partial charge in [0.25, 0.3) is 0 Å². The molecule has 0 saturated heterocycles. The van der Waals surface area contributed by atoms with E-state index in [1.54, 1.807) is 6.07 Å². The third-order valence-corrected chi connectivity index (χ3v) is 3.37. The molecule has 3 rings (SSSR count). The number of aryl methyl sites for hydroxylation is 1. The van der Waals surface area contributed by atoms with Crippen LogP contribution in [0.25, 0.3) is 22.6 Å². The lowest BCUT2D eigenvalue weighted by Crippen LogP contribution is -1.94. The van der Waals surface area contributed by atoms with Gasteiger partial charge >= 0.3 is 5.97 Å². The van der Waals surface area contributed by atoms with E-state index < -0.39 is 5.97 Å². The van der Waals surface area contributed by atoms with Crippen LogP contribution in [0.3, 0.4) is 0 Å². The van der Waals surface area contributed by atoms with Gasteiger partial charge < -0.3 is 9.52 Å². The van der Waals surface area contributed by atoms with Crippen LogP contribution >= 0.6 is 0 Å². The fourth-order valence-electron chi connectivity index (χ4n) is 2.28. The van der Waals surface area contributed by atoms with Gasteiger partial charge in [0.1, 0.15) is 5.52 Å². The molecule has 0 saturated carbocycles. The molecule has 0 aliphatic heterocycles. The number of nitrogens with zero attached hydrogens (tertiary/aromatic N) is 1. The van der Waals surface area contributed by atoms with E-state index in [9.17, 15) is 4.79 Å². The number of hydrogen-bond donors (Lipinski definition) is 1. The summed E-state index contributed by atoms with van der Waals surface area (Å²) in [5.41, 5.74) is 3.52. The second kappa shape index (κ2) is 5.40. The second-order valence-electron chi connectivity index (χ2n) is 4.95. The summed E-state index contributed by atoms with van der Waals surface area (Å²) in [6.07, 6.45) is 2.16. The Morgan fingerprint density at radius 3 is 2.62 bits per heavy atom. The number of carboxylic acids is 1. The Labute approximate surface area is 122 Å². The van der Waals surface area contributed by atoms with Gasteiger partial charge in [-0.25, -0.2) is 9.78 Å². The number of carbonyl (C=O) groups is 1. The SMILES string of the molecule is CCCc1ccc(-c2nc3ccc(C(=O)O)cc3o2)cc1. The van der Waals surface area contributed by atoms with Crippen molar-refractivity contribution in [3.05, 3.63) is 53.6 Å². The predicted molar refractivity (Wildman–Crippen MR) is 80.4 cm³/mol. The highest BCUT2D eigenvalue weighted by Gasteiger charge is 2.11. The van der Waals surface area contributed by atoms with E-state index in [-0.39, 0.29) is 5.56 Å². The van der Waals surface area contributed by atoms with Crippen LogP contribution in [-0.2, 0) is 6.42 Å². The maximum Gasteiger partial charge on any atom is 0.335 e. The molecule has 1 heterocycles. The standard InChI is InChI=1S/C17H15NO3/c1-2-3-11-4-6-12(7-5-11)16-18-14-9-8-13(17(19)20)10-15(14)21-16/h4-10H,2-3H2,1H3,(H,19,20). The van der Waals surface area contributed by atoms with E-state index in [2.05, 4.69) is 24.0 Å². The minimum atomic E-state index is -0.973. The topological polar surface area (TPSA) is 63.3 Å². The Morgan fingerprint density at radius 2 is 1.95 bits per heavy atom. The molecule has 0 amide bonds. The average molecular weight is 281 g/mol. The molecule has 1 N–H and O–H groups in total. The molecule has 3 aromatic rings. The lowest BCUT2D eigenvalue weighted by molar-refractivity contribution is 0.0697. The Balaban J connectivity index is 1.98.